The molecule has 0 aliphatic heterocycles. The third-order valence-corrected chi connectivity index (χ3v) is 1.97. The Morgan fingerprint density at radius 3 is 2.50 bits per heavy atom. The highest BCUT2D eigenvalue weighted by Gasteiger charge is 2.21. The van der Waals surface area contributed by atoms with Crippen molar-refractivity contribution in [2.45, 2.75) is 12.8 Å². The van der Waals surface area contributed by atoms with E-state index in [4.69, 9.17) is 5.11 Å². The first-order valence-corrected chi connectivity index (χ1v) is 4.12. The van der Waals surface area contributed by atoms with Crippen molar-refractivity contribution in [2.75, 3.05) is 0 Å². The second-order valence-electron chi connectivity index (χ2n) is 2.73. The number of aromatic amines is 2. The molecule has 76 valence electrons. The first kappa shape index (κ1) is 10.5. The maximum atomic E-state index is 11.2. The van der Waals surface area contributed by atoms with Gasteiger partial charge in [0.05, 0.1) is 11.5 Å². The summed E-state index contributed by atoms with van der Waals surface area (Å²) in [6.07, 6.45) is 0. The fraction of sp³-hybridized carbons (Fsp3) is 0.286. The molecule has 0 aliphatic rings. The predicted molar refractivity (Wildman–Crippen MR) is 50.0 cm³/mol. The lowest BCUT2D eigenvalue weighted by atomic mass is 10.0. The van der Waals surface area contributed by atoms with Crippen LogP contribution in [0.15, 0.2) is 4.79 Å². The van der Waals surface area contributed by atoms with Crippen LogP contribution in [0, 0.1) is 4.77 Å². The molecule has 0 aromatic carbocycles. The number of hydrogen-bond donors (Lipinski definition) is 4. The molecule has 1 rings (SSSR count). The van der Waals surface area contributed by atoms with E-state index >= 15 is 0 Å². The van der Waals surface area contributed by atoms with E-state index < -0.39 is 23.3 Å². The average Bonchev–Trinajstić information content (AvgIpc) is 2.01. The van der Waals surface area contributed by atoms with Crippen LogP contribution < -0.4 is 5.56 Å². The summed E-state index contributed by atoms with van der Waals surface area (Å²) in [5.41, 5.74) is -0.924. The molecule has 1 atom stereocenters. The van der Waals surface area contributed by atoms with Crippen molar-refractivity contribution in [2.24, 2.45) is 0 Å². The second-order valence-corrected chi connectivity index (χ2v) is 3.14. The van der Waals surface area contributed by atoms with Crippen LogP contribution in [0.1, 0.15) is 18.4 Å². The number of carboxylic acids is 1. The minimum Gasteiger partial charge on any atom is -0.494 e. The van der Waals surface area contributed by atoms with Gasteiger partial charge < -0.3 is 15.2 Å². The Balaban J connectivity index is 3.42. The Labute approximate surface area is 83.2 Å². The monoisotopic (exact) mass is 216 g/mol. The van der Waals surface area contributed by atoms with Crippen LogP contribution >= 0.6 is 12.2 Å². The van der Waals surface area contributed by atoms with Gasteiger partial charge in [-0.05, 0) is 19.1 Å². The lowest BCUT2D eigenvalue weighted by Crippen LogP contribution is -2.20. The molecule has 0 amide bonds. The third kappa shape index (κ3) is 1.82. The van der Waals surface area contributed by atoms with Gasteiger partial charge in [0, 0.05) is 0 Å². The van der Waals surface area contributed by atoms with Crippen molar-refractivity contribution in [3.05, 3.63) is 20.7 Å². The van der Waals surface area contributed by atoms with Crippen LogP contribution in [0.2, 0.25) is 0 Å². The Morgan fingerprint density at radius 1 is 1.50 bits per heavy atom. The van der Waals surface area contributed by atoms with Crippen molar-refractivity contribution >= 4 is 18.2 Å². The van der Waals surface area contributed by atoms with Gasteiger partial charge in [-0.25, -0.2) is 0 Å². The quantitative estimate of drug-likeness (QED) is 0.533. The summed E-state index contributed by atoms with van der Waals surface area (Å²) in [5, 5.41) is 17.9. The zero-order chi connectivity index (χ0) is 10.9. The molecule has 1 heterocycles. The number of H-pyrrole nitrogens is 2. The van der Waals surface area contributed by atoms with Gasteiger partial charge in [0.15, 0.2) is 10.7 Å². The first-order valence-electron chi connectivity index (χ1n) is 3.71. The zero-order valence-electron chi connectivity index (χ0n) is 7.20. The smallest absolute Gasteiger partial charge is 0.311 e. The summed E-state index contributed by atoms with van der Waals surface area (Å²) < 4.78 is -0.0474. The Bertz CT molecular complexity index is 475. The summed E-state index contributed by atoms with van der Waals surface area (Å²) >= 11 is 4.58. The number of aromatic nitrogens is 2. The molecule has 0 radical (unpaired) electrons. The minimum absolute atomic E-state index is 0.0474. The van der Waals surface area contributed by atoms with E-state index in [9.17, 15) is 14.7 Å². The number of carbonyl (C=O) groups is 1. The molecule has 0 aliphatic carbocycles. The van der Waals surface area contributed by atoms with E-state index in [0.717, 1.165) is 0 Å². The van der Waals surface area contributed by atoms with Crippen LogP contribution in [-0.2, 0) is 4.79 Å². The van der Waals surface area contributed by atoms with Crippen LogP contribution in [-0.4, -0.2) is 26.2 Å². The van der Waals surface area contributed by atoms with E-state index in [1.54, 1.807) is 0 Å². The lowest BCUT2D eigenvalue weighted by molar-refractivity contribution is -0.138. The number of carboxylic acid groups (broad SMARTS) is 1. The summed E-state index contributed by atoms with van der Waals surface area (Å²) in [7, 11) is 0. The topological polar surface area (TPSA) is 106 Å². The number of aliphatic carboxylic acids is 1. The van der Waals surface area contributed by atoms with Gasteiger partial charge >= 0.3 is 5.97 Å². The standard InChI is InChI=1S/C7H8N2O4S/c1-2(6(12)13)3-4(10)8-7(14)9-5(3)11/h2H,1H3,(H,12,13)(H3,8,9,10,11,14)/t2-/m0/s1. The molecule has 14 heavy (non-hydrogen) atoms. The molecular formula is C7H8N2O4S. The minimum atomic E-state index is -1.20. The van der Waals surface area contributed by atoms with Gasteiger partial charge in [0.1, 0.15) is 0 Å². The van der Waals surface area contributed by atoms with Gasteiger partial charge in [-0.15, -0.1) is 0 Å². The molecule has 1 aromatic heterocycles. The van der Waals surface area contributed by atoms with Gasteiger partial charge in [-0.3, -0.25) is 14.6 Å². The van der Waals surface area contributed by atoms with Crippen molar-refractivity contribution < 1.29 is 15.0 Å². The van der Waals surface area contributed by atoms with Crippen molar-refractivity contribution in [3.63, 3.8) is 0 Å². The molecule has 4 N–H and O–H groups in total. The van der Waals surface area contributed by atoms with Crippen LogP contribution in [0.25, 0.3) is 0 Å². The van der Waals surface area contributed by atoms with Crippen LogP contribution in [0.5, 0.6) is 5.88 Å². The van der Waals surface area contributed by atoms with Gasteiger partial charge in [-0.1, -0.05) is 0 Å². The molecule has 6 nitrogen and oxygen atoms in total. The number of rotatable bonds is 2. The van der Waals surface area contributed by atoms with Crippen molar-refractivity contribution in [1.29, 1.82) is 0 Å². The average molecular weight is 216 g/mol. The van der Waals surface area contributed by atoms with Gasteiger partial charge in [0.2, 0.25) is 0 Å². The Morgan fingerprint density at radius 2 is 2.07 bits per heavy atom. The number of nitrogens with one attached hydrogen (secondary N) is 2. The summed E-state index contributed by atoms with van der Waals surface area (Å²) in [5.74, 6) is -2.80. The molecule has 0 bridgehead atoms. The molecule has 0 unspecified atom stereocenters. The largest absolute Gasteiger partial charge is 0.494 e. The van der Waals surface area contributed by atoms with E-state index in [1.807, 2.05) is 0 Å². The first-order chi connectivity index (χ1) is 6.43. The molecule has 0 spiro atoms. The molecule has 1 aromatic rings. The highest BCUT2D eigenvalue weighted by atomic mass is 32.1. The normalized spacial score (nSPS) is 12.4. The Hall–Kier alpha value is -1.63. The highest BCUT2D eigenvalue weighted by Crippen LogP contribution is 2.18. The van der Waals surface area contributed by atoms with Gasteiger partial charge in [0.25, 0.3) is 5.56 Å². The fourth-order valence-corrected chi connectivity index (χ4v) is 1.20. The fourth-order valence-electron chi connectivity index (χ4n) is 1.01. The second kappa shape index (κ2) is 3.62. The molecule has 0 saturated heterocycles. The maximum Gasteiger partial charge on any atom is 0.311 e. The van der Waals surface area contributed by atoms with Crippen LogP contribution in [0.4, 0.5) is 0 Å². The van der Waals surface area contributed by atoms with Crippen LogP contribution in [0.3, 0.4) is 0 Å². The molecule has 0 fully saturated rings. The number of hydrogen-bond acceptors (Lipinski definition) is 4. The van der Waals surface area contributed by atoms with E-state index in [1.165, 1.54) is 6.92 Å². The molecule has 0 saturated carbocycles. The predicted octanol–water partition coefficient (Wildman–Crippen LogP) is 0.326. The highest BCUT2D eigenvalue weighted by molar-refractivity contribution is 7.71. The maximum absolute atomic E-state index is 11.2. The number of aromatic hydroxyl groups is 1. The van der Waals surface area contributed by atoms with Gasteiger partial charge in [-0.2, -0.15) is 0 Å². The van der Waals surface area contributed by atoms with E-state index in [-0.39, 0.29) is 10.3 Å². The SMILES string of the molecule is C[C@H](C(=O)O)c1c(O)[nH]c(=S)[nH]c1=O. The third-order valence-electron chi connectivity index (χ3n) is 1.76. The van der Waals surface area contributed by atoms with Crippen molar-refractivity contribution in [1.82, 2.24) is 9.97 Å². The van der Waals surface area contributed by atoms with E-state index in [2.05, 4.69) is 22.2 Å². The summed E-state index contributed by atoms with van der Waals surface area (Å²) in [6.45, 7) is 1.30. The summed E-state index contributed by atoms with van der Waals surface area (Å²) in [6, 6.07) is 0. The molecular weight excluding hydrogens is 208 g/mol. The lowest BCUT2D eigenvalue weighted by Gasteiger charge is -2.06. The zero-order valence-corrected chi connectivity index (χ0v) is 8.01. The molecule has 7 heteroatoms. The van der Waals surface area contributed by atoms with E-state index in [0.29, 0.717) is 0 Å². The Kier molecular flexibility index (Phi) is 2.70. The summed E-state index contributed by atoms with van der Waals surface area (Å²) in [4.78, 5) is 26.3. The van der Waals surface area contributed by atoms with Crippen molar-refractivity contribution in [3.8, 4) is 5.88 Å².